The molecule has 7 heteroatoms. The highest BCUT2D eigenvalue weighted by Crippen LogP contribution is 2.33. The summed E-state index contributed by atoms with van der Waals surface area (Å²) in [5.74, 6) is -1.22. The number of aromatic carboxylic acids is 1. The molecule has 0 aromatic heterocycles. The van der Waals surface area contributed by atoms with E-state index in [9.17, 15) is 9.59 Å². The van der Waals surface area contributed by atoms with Crippen LogP contribution in [0.5, 0.6) is 0 Å². The zero-order chi connectivity index (χ0) is 14.9. The minimum Gasteiger partial charge on any atom is -0.478 e. The van der Waals surface area contributed by atoms with E-state index in [1.165, 1.54) is 12.1 Å². The summed E-state index contributed by atoms with van der Waals surface area (Å²) in [6.07, 6.45) is 0. The summed E-state index contributed by atoms with van der Waals surface area (Å²) in [6, 6.07) is 2.53. The number of carboxylic acid groups (broad SMARTS) is 1. The Balaban J connectivity index is 2.21. The Morgan fingerprint density at radius 3 is 2.35 bits per heavy atom. The zero-order valence-electron chi connectivity index (χ0n) is 10.7. The number of benzene rings is 1. The maximum Gasteiger partial charge on any atom is 0.335 e. The topological polar surface area (TPSA) is 78.4 Å². The molecule has 5 nitrogen and oxygen atoms in total. The number of rotatable bonds is 3. The molecule has 1 aliphatic rings. The van der Waals surface area contributed by atoms with Crippen molar-refractivity contribution in [3.05, 3.63) is 27.7 Å². The molecule has 108 valence electrons. The fraction of sp³-hybridized carbons (Fsp3) is 0.385. The predicted molar refractivity (Wildman–Crippen MR) is 77.6 cm³/mol. The fourth-order valence-electron chi connectivity index (χ4n) is 2.19. The van der Waals surface area contributed by atoms with Gasteiger partial charge in [-0.3, -0.25) is 4.79 Å². The molecule has 1 saturated heterocycles. The van der Waals surface area contributed by atoms with Gasteiger partial charge in [0.05, 0.1) is 27.2 Å². The molecule has 2 unspecified atom stereocenters. The summed E-state index contributed by atoms with van der Waals surface area (Å²) in [6.45, 7) is 3.38. The van der Waals surface area contributed by atoms with Crippen molar-refractivity contribution in [1.29, 1.82) is 0 Å². The van der Waals surface area contributed by atoms with Gasteiger partial charge in [-0.25, -0.2) is 4.79 Å². The van der Waals surface area contributed by atoms with Crippen molar-refractivity contribution in [1.82, 2.24) is 5.32 Å². The van der Waals surface area contributed by atoms with Gasteiger partial charge >= 0.3 is 5.97 Å². The molecule has 0 spiro atoms. The Labute approximate surface area is 126 Å². The van der Waals surface area contributed by atoms with E-state index in [0.717, 1.165) is 6.54 Å². The van der Waals surface area contributed by atoms with Gasteiger partial charge in [0, 0.05) is 6.54 Å². The quantitative estimate of drug-likeness (QED) is 0.800. The number of anilines is 1. The summed E-state index contributed by atoms with van der Waals surface area (Å²) < 4.78 is 0. The van der Waals surface area contributed by atoms with E-state index < -0.39 is 5.97 Å². The molecule has 1 heterocycles. The van der Waals surface area contributed by atoms with Gasteiger partial charge in [0.25, 0.3) is 0 Å². The molecule has 2 atom stereocenters. The first-order valence-corrected chi connectivity index (χ1v) is 6.89. The number of amides is 1. The van der Waals surface area contributed by atoms with Crippen LogP contribution in [0.3, 0.4) is 0 Å². The molecule has 2 rings (SSSR count). The smallest absolute Gasteiger partial charge is 0.335 e. The monoisotopic (exact) mass is 316 g/mol. The third-order valence-electron chi connectivity index (χ3n) is 3.39. The molecular weight excluding hydrogens is 303 g/mol. The van der Waals surface area contributed by atoms with Crippen LogP contribution in [0.25, 0.3) is 0 Å². The number of carbonyl (C=O) groups excluding carboxylic acids is 1. The number of hydrogen-bond donors (Lipinski definition) is 3. The lowest BCUT2D eigenvalue weighted by Gasteiger charge is -2.16. The van der Waals surface area contributed by atoms with E-state index >= 15 is 0 Å². The van der Waals surface area contributed by atoms with Gasteiger partial charge < -0.3 is 15.7 Å². The number of carboxylic acids is 1. The molecule has 0 bridgehead atoms. The number of carbonyl (C=O) groups is 2. The Hall–Kier alpha value is -1.30. The molecule has 0 radical (unpaired) electrons. The van der Waals surface area contributed by atoms with Crippen molar-refractivity contribution in [2.75, 3.05) is 18.4 Å². The SMILES string of the molecule is CC1CNCC1C(=O)Nc1c(Cl)cc(C(=O)O)cc1Cl. The molecule has 0 saturated carbocycles. The molecule has 1 aromatic rings. The molecule has 20 heavy (non-hydrogen) atoms. The second-order valence-electron chi connectivity index (χ2n) is 4.85. The lowest BCUT2D eigenvalue weighted by Crippen LogP contribution is -2.28. The van der Waals surface area contributed by atoms with Crippen LogP contribution < -0.4 is 10.6 Å². The van der Waals surface area contributed by atoms with E-state index in [0.29, 0.717) is 6.54 Å². The molecular formula is C13H14Cl2N2O3. The number of halogens is 2. The fourth-order valence-corrected chi connectivity index (χ4v) is 2.77. The molecule has 1 aliphatic heterocycles. The Kier molecular flexibility index (Phi) is 4.52. The Morgan fingerprint density at radius 2 is 1.90 bits per heavy atom. The standard InChI is InChI=1S/C13H14Cl2N2O3/c1-6-4-16-5-8(6)12(18)17-11-9(14)2-7(13(19)20)3-10(11)15/h2-3,6,8,16H,4-5H2,1H3,(H,17,18)(H,19,20). The van der Waals surface area contributed by atoms with Crippen LogP contribution in [-0.2, 0) is 4.79 Å². The van der Waals surface area contributed by atoms with Crippen molar-refractivity contribution in [3.8, 4) is 0 Å². The van der Waals surface area contributed by atoms with Crippen LogP contribution in [0.1, 0.15) is 17.3 Å². The minimum absolute atomic E-state index is 0.0195. The van der Waals surface area contributed by atoms with Crippen LogP contribution in [-0.4, -0.2) is 30.1 Å². The van der Waals surface area contributed by atoms with Crippen molar-refractivity contribution in [2.45, 2.75) is 6.92 Å². The van der Waals surface area contributed by atoms with Crippen molar-refractivity contribution in [3.63, 3.8) is 0 Å². The molecule has 1 amide bonds. The van der Waals surface area contributed by atoms with E-state index in [2.05, 4.69) is 10.6 Å². The predicted octanol–water partition coefficient (Wildman–Crippen LogP) is 2.49. The van der Waals surface area contributed by atoms with Gasteiger partial charge in [-0.15, -0.1) is 0 Å². The lowest BCUT2D eigenvalue weighted by molar-refractivity contribution is -0.120. The lowest BCUT2D eigenvalue weighted by atomic mass is 9.97. The first-order chi connectivity index (χ1) is 9.40. The first-order valence-electron chi connectivity index (χ1n) is 6.14. The van der Waals surface area contributed by atoms with Gasteiger partial charge in [-0.1, -0.05) is 30.1 Å². The normalized spacial score (nSPS) is 21.8. The van der Waals surface area contributed by atoms with Gasteiger partial charge in [0.2, 0.25) is 5.91 Å². The Bertz CT molecular complexity index is 540. The largest absolute Gasteiger partial charge is 0.478 e. The van der Waals surface area contributed by atoms with E-state index in [4.69, 9.17) is 28.3 Å². The maximum absolute atomic E-state index is 12.2. The van der Waals surface area contributed by atoms with Crippen LogP contribution in [0.4, 0.5) is 5.69 Å². The number of nitrogens with one attached hydrogen (secondary N) is 2. The van der Waals surface area contributed by atoms with E-state index in [-0.39, 0.29) is 39.0 Å². The summed E-state index contributed by atoms with van der Waals surface area (Å²) in [5.41, 5.74) is 0.233. The maximum atomic E-state index is 12.2. The third kappa shape index (κ3) is 3.06. The third-order valence-corrected chi connectivity index (χ3v) is 3.99. The second kappa shape index (κ2) is 5.99. The summed E-state index contributed by atoms with van der Waals surface area (Å²) in [7, 11) is 0. The summed E-state index contributed by atoms with van der Waals surface area (Å²) in [4.78, 5) is 23.0. The van der Waals surface area contributed by atoms with Crippen LogP contribution in [0, 0.1) is 11.8 Å². The first kappa shape index (κ1) is 15.1. The van der Waals surface area contributed by atoms with Gasteiger partial charge in [-0.2, -0.15) is 0 Å². The summed E-state index contributed by atoms with van der Waals surface area (Å²) in [5, 5.41) is 14.9. The average molecular weight is 317 g/mol. The highest BCUT2D eigenvalue weighted by atomic mass is 35.5. The average Bonchev–Trinajstić information content (AvgIpc) is 2.79. The van der Waals surface area contributed by atoms with Crippen LogP contribution in [0.15, 0.2) is 12.1 Å². The van der Waals surface area contributed by atoms with Gasteiger partial charge in [0.1, 0.15) is 0 Å². The molecule has 1 aromatic carbocycles. The van der Waals surface area contributed by atoms with Crippen molar-refractivity contribution >= 4 is 40.8 Å². The van der Waals surface area contributed by atoms with E-state index in [1.807, 2.05) is 6.92 Å². The molecule has 1 fully saturated rings. The van der Waals surface area contributed by atoms with Crippen LogP contribution >= 0.6 is 23.2 Å². The van der Waals surface area contributed by atoms with Crippen molar-refractivity contribution < 1.29 is 14.7 Å². The Morgan fingerprint density at radius 1 is 1.30 bits per heavy atom. The molecule has 3 N–H and O–H groups in total. The summed E-state index contributed by atoms with van der Waals surface area (Å²) >= 11 is 12.0. The van der Waals surface area contributed by atoms with Crippen LogP contribution in [0.2, 0.25) is 10.0 Å². The van der Waals surface area contributed by atoms with Gasteiger partial charge in [-0.05, 0) is 24.6 Å². The van der Waals surface area contributed by atoms with Crippen molar-refractivity contribution in [2.24, 2.45) is 11.8 Å². The highest BCUT2D eigenvalue weighted by Gasteiger charge is 2.30. The second-order valence-corrected chi connectivity index (χ2v) is 5.67. The molecule has 0 aliphatic carbocycles. The zero-order valence-corrected chi connectivity index (χ0v) is 12.3. The minimum atomic E-state index is -1.12. The van der Waals surface area contributed by atoms with E-state index in [1.54, 1.807) is 0 Å². The highest BCUT2D eigenvalue weighted by molar-refractivity contribution is 6.40. The van der Waals surface area contributed by atoms with Gasteiger partial charge in [0.15, 0.2) is 0 Å². The number of hydrogen-bond acceptors (Lipinski definition) is 3.